The molecule has 0 spiro atoms. The maximum absolute atomic E-state index is 12.5. The highest BCUT2D eigenvalue weighted by atomic mass is 16.5. The molecule has 4 aromatic rings. The summed E-state index contributed by atoms with van der Waals surface area (Å²) in [5.41, 5.74) is 0.268. The average Bonchev–Trinajstić information content (AvgIpc) is 3.31. The number of nitrogens with one attached hydrogen (secondary N) is 1. The maximum atomic E-state index is 12.5. The second-order valence-corrected chi connectivity index (χ2v) is 6.11. The quantitative estimate of drug-likeness (QED) is 0.478. The van der Waals surface area contributed by atoms with Crippen LogP contribution in [0.3, 0.4) is 0 Å². The number of benzene rings is 1. The van der Waals surface area contributed by atoms with Gasteiger partial charge < -0.3 is 19.0 Å². The minimum Gasteiger partial charge on any atom is -0.485 e. The van der Waals surface area contributed by atoms with Crippen LogP contribution in [0.25, 0.3) is 11.0 Å². The highest BCUT2D eigenvalue weighted by Gasteiger charge is 2.16. The summed E-state index contributed by atoms with van der Waals surface area (Å²) in [7, 11) is 1.67. The van der Waals surface area contributed by atoms with Crippen LogP contribution >= 0.6 is 0 Å². The lowest BCUT2D eigenvalue weighted by Gasteiger charge is -2.10. The van der Waals surface area contributed by atoms with Gasteiger partial charge in [-0.25, -0.2) is 9.78 Å². The van der Waals surface area contributed by atoms with Crippen LogP contribution in [-0.4, -0.2) is 35.9 Å². The van der Waals surface area contributed by atoms with Crippen molar-refractivity contribution in [2.45, 2.75) is 20.1 Å². The number of H-pyrrole nitrogens is 1. The van der Waals surface area contributed by atoms with E-state index in [1.165, 1.54) is 10.9 Å². The first kappa shape index (κ1) is 18.3. The Hall–Kier alpha value is -4.02. The zero-order valence-electron chi connectivity index (χ0n) is 15.6. The molecule has 11 heteroatoms. The standard InChI is InChI=1S/C18H16N6O5/c1-10-20-15(23-29-10)9-27-13-6-4-3-5-11(13)18(26)28-8-14-21-16-12(17(25)22-14)7-19-24(16)2/h3-7H,8-9H2,1-2H3,(H,21,22,25). The molecule has 1 N–H and O–H groups in total. The summed E-state index contributed by atoms with van der Waals surface area (Å²) in [6, 6.07) is 6.61. The Bertz CT molecular complexity index is 1240. The molecule has 0 aliphatic carbocycles. The van der Waals surface area contributed by atoms with Crippen molar-refractivity contribution < 1.29 is 18.8 Å². The van der Waals surface area contributed by atoms with Crippen LogP contribution in [0.2, 0.25) is 0 Å². The topological polar surface area (TPSA) is 138 Å². The summed E-state index contributed by atoms with van der Waals surface area (Å²) in [5.74, 6) is 0.668. The van der Waals surface area contributed by atoms with E-state index in [0.717, 1.165) is 0 Å². The van der Waals surface area contributed by atoms with E-state index < -0.39 is 5.97 Å². The summed E-state index contributed by atoms with van der Waals surface area (Å²) in [6.45, 7) is 1.49. The Morgan fingerprint density at radius 1 is 1.24 bits per heavy atom. The van der Waals surface area contributed by atoms with E-state index in [2.05, 4.69) is 25.2 Å². The van der Waals surface area contributed by atoms with E-state index >= 15 is 0 Å². The number of hydrogen-bond acceptors (Lipinski definition) is 9. The number of carbonyl (C=O) groups is 1. The van der Waals surface area contributed by atoms with Crippen LogP contribution < -0.4 is 10.3 Å². The molecule has 0 saturated carbocycles. The van der Waals surface area contributed by atoms with Crippen molar-refractivity contribution >= 4 is 17.0 Å². The maximum Gasteiger partial charge on any atom is 0.342 e. The minimum atomic E-state index is -0.627. The van der Waals surface area contributed by atoms with Crippen LogP contribution in [0.4, 0.5) is 0 Å². The van der Waals surface area contributed by atoms with Crippen LogP contribution in [0.5, 0.6) is 5.75 Å². The van der Waals surface area contributed by atoms with Gasteiger partial charge in [0, 0.05) is 14.0 Å². The number of para-hydroxylation sites is 1. The highest BCUT2D eigenvalue weighted by molar-refractivity contribution is 5.92. The molecule has 11 nitrogen and oxygen atoms in total. The Balaban J connectivity index is 1.47. The molecule has 3 aromatic heterocycles. The van der Waals surface area contributed by atoms with Gasteiger partial charge in [-0.3, -0.25) is 9.48 Å². The van der Waals surface area contributed by atoms with Gasteiger partial charge in [0.05, 0.1) is 6.20 Å². The van der Waals surface area contributed by atoms with Gasteiger partial charge in [-0.15, -0.1) is 0 Å². The first-order chi connectivity index (χ1) is 14.0. The van der Waals surface area contributed by atoms with Crippen molar-refractivity contribution in [3.63, 3.8) is 0 Å². The van der Waals surface area contributed by atoms with Gasteiger partial charge in [-0.2, -0.15) is 10.1 Å². The number of hydrogen-bond donors (Lipinski definition) is 1. The molecule has 29 heavy (non-hydrogen) atoms. The Morgan fingerprint density at radius 2 is 2.07 bits per heavy atom. The van der Waals surface area contributed by atoms with Crippen molar-refractivity contribution in [1.29, 1.82) is 0 Å². The first-order valence-electron chi connectivity index (χ1n) is 8.60. The van der Waals surface area contributed by atoms with Crippen LogP contribution in [0.15, 0.2) is 39.8 Å². The monoisotopic (exact) mass is 396 g/mol. The molecular formula is C18H16N6O5. The lowest BCUT2D eigenvalue weighted by atomic mass is 10.2. The minimum absolute atomic E-state index is 0.0354. The van der Waals surface area contributed by atoms with Gasteiger partial charge in [0.25, 0.3) is 5.56 Å². The average molecular weight is 396 g/mol. The van der Waals surface area contributed by atoms with Gasteiger partial charge >= 0.3 is 5.97 Å². The molecule has 1 aromatic carbocycles. The Kier molecular flexibility index (Phi) is 4.77. The van der Waals surface area contributed by atoms with Crippen LogP contribution in [-0.2, 0) is 25.0 Å². The second kappa shape index (κ2) is 7.54. The molecular weight excluding hydrogens is 380 g/mol. The summed E-state index contributed by atoms with van der Waals surface area (Å²) in [5, 5.41) is 8.09. The normalized spacial score (nSPS) is 11.0. The van der Waals surface area contributed by atoms with Gasteiger partial charge in [-0.1, -0.05) is 17.3 Å². The molecule has 0 fully saturated rings. The van der Waals surface area contributed by atoms with Gasteiger partial charge in [0.15, 0.2) is 12.3 Å². The van der Waals surface area contributed by atoms with E-state index in [9.17, 15) is 9.59 Å². The number of carbonyl (C=O) groups excluding carboxylic acids is 1. The molecule has 0 saturated heterocycles. The van der Waals surface area contributed by atoms with Gasteiger partial charge in [0.2, 0.25) is 11.7 Å². The van der Waals surface area contributed by atoms with Crippen molar-refractivity contribution in [3.8, 4) is 5.75 Å². The molecule has 0 radical (unpaired) electrons. The largest absolute Gasteiger partial charge is 0.485 e. The summed E-state index contributed by atoms with van der Waals surface area (Å²) in [6.07, 6.45) is 1.43. The number of aromatic nitrogens is 6. The molecule has 0 aliphatic rings. The third-order valence-corrected chi connectivity index (χ3v) is 4.02. The van der Waals surface area contributed by atoms with E-state index in [4.69, 9.17) is 14.0 Å². The van der Waals surface area contributed by atoms with Crippen LogP contribution in [0, 0.1) is 6.92 Å². The van der Waals surface area contributed by atoms with Gasteiger partial charge in [0.1, 0.15) is 29.1 Å². The van der Waals surface area contributed by atoms with Crippen molar-refractivity contribution in [2.24, 2.45) is 7.05 Å². The number of esters is 1. The fourth-order valence-electron chi connectivity index (χ4n) is 2.66. The summed E-state index contributed by atoms with van der Waals surface area (Å²) < 4.78 is 17.3. The van der Waals surface area contributed by atoms with E-state index in [0.29, 0.717) is 28.5 Å². The molecule has 148 valence electrons. The molecule has 0 bridgehead atoms. The fraction of sp³-hybridized carbons (Fsp3) is 0.222. The van der Waals surface area contributed by atoms with Gasteiger partial charge in [-0.05, 0) is 12.1 Å². The fourth-order valence-corrected chi connectivity index (χ4v) is 2.66. The molecule has 3 heterocycles. The summed E-state index contributed by atoms with van der Waals surface area (Å²) >= 11 is 0. The third kappa shape index (κ3) is 3.83. The number of rotatable bonds is 6. The number of aryl methyl sites for hydroxylation is 2. The van der Waals surface area contributed by atoms with Crippen molar-refractivity contribution in [2.75, 3.05) is 0 Å². The molecule has 0 unspecified atom stereocenters. The molecule has 0 aliphatic heterocycles. The lowest BCUT2D eigenvalue weighted by molar-refractivity contribution is 0.0457. The third-order valence-electron chi connectivity index (χ3n) is 4.02. The van der Waals surface area contributed by atoms with Crippen molar-refractivity contribution in [3.05, 3.63) is 63.9 Å². The number of ether oxygens (including phenoxy) is 2. The first-order valence-corrected chi connectivity index (χ1v) is 8.60. The van der Waals surface area contributed by atoms with Crippen LogP contribution in [0.1, 0.15) is 27.9 Å². The Labute approximate surface area is 163 Å². The van der Waals surface area contributed by atoms with E-state index in [-0.39, 0.29) is 30.2 Å². The molecule has 4 rings (SSSR count). The highest BCUT2D eigenvalue weighted by Crippen LogP contribution is 2.20. The number of nitrogens with zero attached hydrogens (tertiary/aromatic N) is 5. The molecule has 0 amide bonds. The summed E-state index contributed by atoms with van der Waals surface area (Å²) in [4.78, 5) is 35.5. The molecule has 0 atom stereocenters. The zero-order valence-corrected chi connectivity index (χ0v) is 15.6. The van der Waals surface area contributed by atoms with E-state index in [1.807, 2.05) is 0 Å². The lowest BCUT2D eigenvalue weighted by Crippen LogP contribution is -2.15. The SMILES string of the molecule is Cc1nc(COc2ccccc2C(=O)OCc2nc3c(cnn3C)c(=O)[nH]2)no1. The van der Waals surface area contributed by atoms with Crippen molar-refractivity contribution in [1.82, 2.24) is 29.9 Å². The number of aromatic amines is 1. The smallest absolute Gasteiger partial charge is 0.342 e. The number of fused-ring (bicyclic) bond motifs is 1. The predicted molar refractivity (Wildman–Crippen MR) is 98.1 cm³/mol. The Morgan fingerprint density at radius 3 is 2.86 bits per heavy atom. The zero-order chi connectivity index (χ0) is 20.4. The predicted octanol–water partition coefficient (Wildman–Crippen LogP) is 1.28. The second-order valence-electron chi connectivity index (χ2n) is 6.11. The van der Waals surface area contributed by atoms with E-state index in [1.54, 1.807) is 38.2 Å².